The number of aliphatic hydroxyl groups excluding tert-OH is 1. The van der Waals surface area contributed by atoms with Crippen LogP contribution in [-0.4, -0.2) is 72.1 Å². The fraction of sp³-hybridized carbons (Fsp3) is 0.750. The second-order valence-electron chi connectivity index (χ2n) is 8.39. The third kappa shape index (κ3) is 4.86. The number of fused-ring (bicyclic) bond motifs is 3. The highest BCUT2D eigenvalue weighted by Gasteiger charge is 2.71. The first-order valence-corrected chi connectivity index (χ1v) is 10.8. The maximum Gasteiger partial charge on any atom is 0.367 e. The predicted octanol–water partition coefficient (Wildman–Crippen LogP) is 1.86. The third-order valence-corrected chi connectivity index (χ3v) is 6.00. The van der Waals surface area contributed by atoms with Crippen molar-refractivity contribution in [1.82, 2.24) is 5.32 Å². The summed E-state index contributed by atoms with van der Waals surface area (Å²) in [7, 11) is 1.89. The van der Waals surface area contributed by atoms with Crippen molar-refractivity contribution in [2.24, 2.45) is 0 Å². The molecule has 0 saturated carbocycles. The van der Waals surface area contributed by atoms with Gasteiger partial charge in [0.25, 0.3) is 0 Å². The van der Waals surface area contributed by atoms with Crippen LogP contribution in [0.5, 0.6) is 0 Å². The van der Waals surface area contributed by atoms with Gasteiger partial charge in [-0.1, -0.05) is 6.07 Å². The molecule has 0 bridgehead atoms. The lowest BCUT2D eigenvalue weighted by molar-refractivity contribution is -0.325. The Kier molecular flexibility index (Phi) is 6.90. The highest BCUT2D eigenvalue weighted by Crippen LogP contribution is 2.48. The van der Waals surface area contributed by atoms with Gasteiger partial charge in [-0.05, 0) is 59.2 Å². The number of carboxylic acid groups (broad SMARTS) is 1. The van der Waals surface area contributed by atoms with Crippen molar-refractivity contribution in [3.8, 4) is 0 Å². The summed E-state index contributed by atoms with van der Waals surface area (Å²) in [5, 5.41) is 24.0. The summed E-state index contributed by atoms with van der Waals surface area (Å²) in [6.45, 7) is 7.95. The fourth-order valence-electron chi connectivity index (χ4n) is 3.72. The Balaban J connectivity index is 0.000000199. The van der Waals surface area contributed by atoms with Crippen LogP contribution in [0, 0.1) is 0 Å². The number of carbonyl (C=O) groups is 1. The molecular formula is C20H31NO8S. The highest BCUT2D eigenvalue weighted by atomic mass is 32.1. The second-order valence-corrected chi connectivity index (χ2v) is 9.37. The van der Waals surface area contributed by atoms with Crippen LogP contribution in [0.3, 0.4) is 0 Å². The average Bonchev–Trinajstić information content (AvgIpc) is 3.33. The van der Waals surface area contributed by atoms with Gasteiger partial charge in [0.1, 0.15) is 12.2 Å². The molecule has 3 fully saturated rings. The van der Waals surface area contributed by atoms with Crippen LogP contribution in [0.25, 0.3) is 0 Å². The van der Waals surface area contributed by atoms with Gasteiger partial charge in [-0.3, -0.25) is 0 Å². The van der Waals surface area contributed by atoms with E-state index in [1.165, 1.54) is 0 Å². The summed E-state index contributed by atoms with van der Waals surface area (Å²) in [5.41, 5.74) is 0. The van der Waals surface area contributed by atoms with E-state index in [0.717, 1.165) is 17.8 Å². The molecule has 10 heteroatoms. The molecule has 30 heavy (non-hydrogen) atoms. The number of thiophene rings is 1. The molecule has 3 N–H and O–H groups in total. The SMILES string of the molecule is CC1(C)OC[C@@H]2O[C@@]3(C(=O)O)OC(C)(C)O[C@H]3[C@@H]2O1.CNCC[C@H](O)c1cccs1. The van der Waals surface area contributed by atoms with Gasteiger partial charge in [-0.15, -0.1) is 11.3 Å². The third-order valence-electron chi connectivity index (χ3n) is 5.03. The summed E-state index contributed by atoms with van der Waals surface area (Å²) in [5.74, 6) is -4.85. The van der Waals surface area contributed by atoms with Crippen LogP contribution in [0.4, 0.5) is 0 Å². The molecule has 5 atom stereocenters. The van der Waals surface area contributed by atoms with E-state index in [1.54, 1.807) is 39.0 Å². The molecule has 3 aliphatic heterocycles. The molecule has 4 rings (SSSR count). The van der Waals surface area contributed by atoms with Crippen LogP contribution in [0.15, 0.2) is 17.5 Å². The molecule has 3 saturated heterocycles. The Morgan fingerprint density at radius 1 is 1.27 bits per heavy atom. The standard InChI is InChI=1S/C12H18O7.C8H13NOS/c1-10(2)15-5-6-7(17-10)8-12(16-6,9(13)14)19-11(3,4)18-8;1-9-5-4-7(10)8-3-2-6-11-8/h6-8H,5H2,1-4H3,(H,13,14);2-3,6-7,9-10H,4-5H2,1H3/t6-,7+,8-,12+;7-/m00/s1. The van der Waals surface area contributed by atoms with E-state index < -0.39 is 41.6 Å². The van der Waals surface area contributed by atoms with Crippen LogP contribution < -0.4 is 5.32 Å². The number of ether oxygens (including phenoxy) is 5. The van der Waals surface area contributed by atoms with Crippen LogP contribution in [0.1, 0.15) is 45.1 Å². The number of hydrogen-bond donors (Lipinski definition) is 3. The molecule has 4 heterocycles. The van der Waals surface area contributed by atoms with E-state index in [2.05, 4.69) is 5.32 Å². The lowest BCUT2D eigenvalue weighted by Gasteiger charge is -2.38. The van der Waals surface area contributed by atoms with Gasteiger partial charge >= 0.3 is 11.8 Å². The number of aliphatic carboxylic acids is 1. The monoisotopic (exact) mass is 445 g/mol. The fourth-order valence-corrected chi connectivity index (χ4v) is 4.47. The Labute approximate surface area is 180 Å². The normalized spacial score (nSPS) is 34.4. The summed E-state index contributed by atoms with van der Waals surface area (Å²) in [6, 6.07) is 3.92. The number of hydrogen-bond acceptors (Lipinski definition) is 9. The van der Waals surface area contributed by atoms with Crippen molar-refractivity contribution in [1.29, 1.82) is 0 Å². The highest BCUT2D eigenvalue weighted by molar-refractivity contribution is 7.10. The minimum absolute atomic E-state index is 0.246. The smallest absolute Gasteiger partial charge is 0.367 e. The molecule has 0 amide bonds. The zero-order valence-electron chi connectivity index (χ0n) is 17.9. The molecule has 9 nitrogen and oxygen atoms in total. The molecule has 0 aliphatic carbocycles. The lowest BCUT2D eigenvalue weighted by atomic mass is 10.0. The topological polar surface area (TPSA) is 116 Å². The molecule has 0 spiro atoms. The van der Waals surface area contributed by atoms with Crippen molar-refractivity contribution >= 4 is 17.3 Å². The Morgan fingerprint density at radius 3 is 2.60 bits per heavy atom. The summed E-state index contributed by atoms with van der Waals surface area (Å²) >= 11 is 1.60. The first kappa shape index (κ1) is 23.6. The van der Waals surface area contributed by atoms with Crippen molar-refractivity contribution in [2.75, 3.05) is 20.2 Å². The molecule has 3 aliphatic rings. The molecular weight excluding hydrogens is 414 g/mol. The first-order chi connectivity index (χ1) is 14.0. The van der Waals surface area contributed by atoms with Crippen LogP contribution in [-0.2, 0) is 28.5 Å². The van der Waals surface area contributed by atoms with E-state index in [9.17, 15) is 15.0 Å². The summed E-state index contributed by atoms with van der Waals surface area (Å²) in [6.07, 6.45) is -1.35. The van der Waals surface area contributed by atoms with E-state index in [1.807, 2.05) is 24.6 Å². The summed E-state index contributed by atoms with van der Waals surface area (Å²) in [4.78, 5) is 12.6. The first-order valence-electron chi connectivity index (χ1n) is 9.97. The number of aliphatic hydroxyl groups is 1. The maximum atomic E-state index is 11.6. The van der Waals surface area contributed by atoms with Crippen molar-refractivity contribution in [3.05, 3.63) is 22.4 Å². The minimum atomic E-state index is -1.82. The molecule has 170 valence electrons. The summed E-state index contributed by atoms with van der Waals surface area (Å²) < 4.78 is 28.0. The zero-order chi connectivity index (χ0) is 22.2. The molecule has 0 aromatic carbocycles. The predicted molar refractivity (Wildman–Crippen MR) is 108 cm³/mol. The molecule has 1 aromatic heterocycles. The lowest BCUT2D eigenvalue weighted by Crippen LogP contribution is -2.52. The molecule has 0 radical (unpaired) electrons. The van der Waals surface area contributed by atoms with Crippen LogP contribution >= 0.6 is 11.3 Å². The van der Waals surface area contributed by atoms with E-state index in [0.29, 0.717) is 0 Å². The van der Waals surface area contributed by atoms with E-state index >= 15 is 0 Å². The number of nitrogens with one attached hydrogen (secondary N) is 1. The molecule has 1 aromatic rings. The van der Waals surface area contributed by atoms with Crippen molar-refractivity contribution in [3.63, 3.8) is 0 Å². The zero-order valence-corrected chi connectivity index (χ0v) is 18.7. The van der Waals surface area contributed by atoms with E-state index in [4.69, 9.17) is 23.7 Å². The van der Waals surface area contributed by atoms with Crippen molar-refractivity contribution in [2.45, 2.75) is 75.9 Å². The Morgan fingerprint density at radius 2 is 2.00 bits per heavy atom. The molecule has 0 unspecified atom stereocenters. The van der Waals surface area contributed by atoms with Gasteiger partial charge in [0.15, 0.2) is 17.7 Å². The van der Waals surface area contributed by atoms with Gasteiger partial charge in [-0.25, -0.2) is 4.79 Å². The Bertz CT molecular complexity index is 724. The minimum Gasteiger partial charge on any atom is -0.477 e. The van der Waals surface area contributed by atoms with Gasteiger partial charge in [0.05, 0.1) is 12.7 Å². The van der Waals surface area contributed by atoms with Crippen LogP contribution in [0.2, 0.25) is 0 Å². The Hall–Kier alpha value is -1.11. The number of carboxylic acids is 1. The van der Waals surface area contributed by atoms with Gasteiger partial charge in [-0.2, -0.15) is 0 Å². The maximum absolute atomic E-state index is 11.6. The largest absolute Gasteiger partial charge is 0.477 e. The van der Waals surface area contributed by atoms with Gasteiger partial charge in [0, 0.05) is 4.88 Å². The average molecular weight is 446 g/mol. The quantitative estimate of drug-likeness (QED) is 0.624. The van der Waals surface area contributed by atoms with Crippen molar-refractivity contribution < 1.29 is 38.7 Å². The number of rotatable bonds is 5. The van der Waals surface area contributed by atoms with Gasteiger partial charge < -0.3 is 39.2 Å². The van der Waals surface area contributed by atoms with Gasteiger partial charge in [0.2, 0.25) is 0 Å². The van der Waals surface area contributed by atoms with E-state index in [-0.39, 0.29) is 12.7 Å². The second kappa shape index (κ2) is 8.79.